The molecule has 3 rings (SSSR count). The largest absolute Gasteiger partial charge is 0.356 e. The maximum absolute atomic E-state index is 12.6. The smallest absolute Gasteiger partial charge is 0.225 e. The third-order valence-corrected chi connectivity index (χ3v) is 6.76. The number of hydrogen-bond acceptors (Lipinski definition) is 4. The highest BCUT2D eigenvalue weighted by atomic mass is 127. The molecule has 1 aromatic heterocycles. The van der Waals surface area contributed by atoms with Crippen molar-refractivity contribution in [1.29, 1.82) is 0 Å². The van der Waals surface area contributed by atoms with Gasteiger partial charge < -0.3 is 20.1 Å². The van der Waals surface area contributed by atoms with Gasteiger partial charge in [-0.05, 0) is 44.9 Å². The second kappa shape index (κ2) is 14.0. The Morgan fingerprint density at radius 2 is 1.88 bits per heavy atom. The summed E-state index contributed by atoms with van der Waals surface area (Å²) in [5.41, 5.74) is 0. The number of hydrogen-bond donors (Lipinski definition) is 2. The Morgan fingerprint density at radius 1 is 1.12 bits per heavy atom. The quantitative estimate of drug-likeness (QED) is 0.221. The first-order chi connectivity index (χ1) is 15.2. The van der Waals surface area contributed by atoms with Crippen LogP contribution in [0.4, 0.5) is 0 Å². The number of nitrogens with one attached hydrogen (secondary N) is 2. The zero-order chi connectivity index (χ0) is 22.1. The van der Waals surface area contributed by atoms with Crippen molar-refractivity contribution in [3.8, 4) is 0 Å². The fourth-order valence-corrected chi connectivity index (χ4v) is 4.71. The molecule has 0 saturated carbocycles. The number of amides is 1. The summed E-state index contributed by atoms with van der Waals surface area (Å²) in [4.78, 5) is 19.0. The topological polar surface area (TPSA) is 87.4 Å². The number of fused-ring (bicyclic) bond motifs is 1. The van der Waals surface area contributed by atoms with E-state index in [-0.39, 0.29) is 29.9 Å². The number of guanidine groups is 1. The van der Waals surface area contributed by atoms with E-state index >= 15 is 0 Å². The Balaban J connectivity index is 0.00000363. The van der Waals surface area contributed by atoms with Gasteiger partial charge in [0.2, 0.25) is 5.91 Å². The molecule has 2 N–H and O–H groups in total. The zero-order valence-electron chi connectivity index (χ0n) is 20.1. The number of piperidine rings is 1. The van der Waals surface area contributed by atoms with Crippen molar-refractivity contribution < 1.29 is 4.79 Å². The lowest BCUT2D eigenvalue weighted by molar-refractivity contribution is -0.136. The van der Waals surface area contributed by atoms with Gasteiger partial charge in [-0.1, -0.05) is 20.3 Å². The Morgan fingerprint density at radius 3 is 2.56 bits per heavy atom. The second-order valence-corrected chi connectivity index (χ2v) is 8.85. The lowest BCUT2D eigenvalue weighted by Gasteiger charge is -2.34. The molecular formula is C23H42IN7O. The van der Waals surface area contributed by atoms with E-state index in [2.05, 4.69) is 44.2 Å². The molecule has 2 aliphatic rings. The van der Waals surface area contributed by atoms with Gasteiger partial charge in [-0.3, -0.25) is 9.79 Å². The average molecular weight is 560 g/mol. The fourth-order valence-electron chi connectivity index (χ4n) is 4.71. The molecule has 182 valence electrons. The summed E-state index contributed by atoms with van der Waals surface area (Å²) in [6, 6.07) is 0.365. The number of aliphatic imine (C=N–C) groups is 1. The standard InChI is InChI=1S/C23H41N7O.HI/c1-4-18(5-2)22(31)29-16-12-19(13-17-29)26-23(24-3)25-14-9-11-21-28-27-20-10-7-6-8-15-30(20)21;/h18-19H,4-17H2,1-3H3,(H2,24,25,26);1H. The molecule has 8 nitrogen and oxygen atoms in total. The monoisotopic (exact) mass is 559 g/mol. The van der Waals surface area contributed by atoms with Crippen LogP contribution in [-0.4, -0.2) is 64.3 Å². The Hall–Kier alpha value is -1.39. The van der Waals surface area contributed by atoms with Crippen molar-refractivity contribution in [3.05, 3.63) is 11.6 Å². The highest BCUT2D eigenvalue weighted by Crippen LogP contribution is 2.17. The molecular weight excluding hydrogens is 517 g/mol. The molecule has 1 saturated heterocycles. The molecule has 0 aliphatic carbocycles. The Labute approximate surface area is 210 Å². The predicted octanol–water partition coefficient (Wildman–Crippen LogP) is 3.15. The van der Waals surface area contributed by atoms with E-state index in [0.29, 0.717) is 11.9 Å². The number of carbonyl (C=O) groups excluding carboxylic acids is 1. The molecule has 0 unspecified atom stereocenters. The molecule has 1 fully saturated rings. The van der Waals surface area contributed by atoms with E-state index < -0.39 is 0 Å². The van der Waals surface area contributed by atoms with Crippen LogP contribution in [0.15, 0.2) is 4.99 Å². The van der Waals surface area contributed by atoms with Gasteiger partial charge in [-0.25, -0.2) is 0 Å². The molecule has 0 atom stereocenters. The van der Waals surface area contributed by atoms with Crippen molar-refractivity contribution in [1.82, 2.24) is 30.3 Å². The van der Waals surface area contributed by atoms with Crippen LogP contribution >= 0.6 is 24.0 Å². The van der Waals surface area contributed by atoms with Crippen LogP contribution in [0.25, 0.3) is 0 Å². The van der Waals surface area contributed by atoms with Crippen LogP contribution in [0.2, 0.25) is 0 Å². The summed E-state index contributed by atoms with van der Waals surface area (Å²) in [6.45, 7) is 7.80. The molecule has 0 spiro atoms. The molecule has 0 aromatic carbocycles. The molecule has 1 amide bonds. The minimum absolute atomic E-state index is 0. The number of rotatable bonds is 8. The summed E-state index contributed by atoms with van der Waals surface area (Å²) in [7, 11) is 1.82. The van der Waals surface area contributed by atoms with Crippen molar-refractivity contribution in [3.63, 3.8) is 0 Å². The van der Waals surface area contributed by atoms with Gasteiger partial charge in [0.05, 0.1) is 0 Å². The van der Waals surface area contributed by atoms with Crippen LogP contribution in [0.1, 0.15) is 76.9 Å². The summed E-state index contributed by atoms with van der Waals surface area (Å²) in [5.74, 6) is 3.64. The number of likely N-dealkylation sites (tertiary alicyclic amines) is 1. The van der Waals surface area contributed by atoms with Gasteiger partial charge in [-0.2, -0.15) is 0 Å². The van der Waals surface area contributed by atoms with E-state index in [0.717, 1.165) is 88.7 Å². The molecule has 32 heavy (non-hydrogen) atoms. The predicted molar refractivity (Wildman–Crippen MR) is 139 cm³/mol. The molecule has 0 bridgehead atoms. The Kier molecular flexibility index (Phi) is 11.7. The Bertz CT molecular complexity index is 724. The van der Waals surface area contributed by atoms with Crippen LogP contribution in [-0.2, 0) is 24.2 Å². The van der Waals surface area contributed by atoms with Crippen molar-refractivity contribution >= 4 is 35.8 Å². The van der Waals surface area contributed by atoms with Crippen molar-refractivity contribution in [2.75, 3.05) is 26.7 Å². The highest BCUT2D eigenvalue weighted by molar-refractivity contribution is 14.0. The lowest BCUT2D eigenvalue weighted by Crippen LogP contribution is -2.50. The van der Waals surface area contributed by atoms with Crippen LogP contribution in [0.3, 0.4) is 0 Å². The van der Waals surface area contributed by atoms with E-state index in [1.54, 1.807) is 0 Å². The second-order valence-electron chi connectivity index (χ2n) is 8.85. The van der Waals surface area contributed by atoms with Crippen LogP contribution < -0.4 is 10.6 Å². The fraction of sp³-hybridized carbons (Fsp3) is 0.826. The van der Waals surface area contributed by atoms with E-state index in [1.807, 2.05) is 11.9 Å². The first-order valence-corrected chi connectivity index (χ1v) is 12.3. The molecule has 9 heteroatoms. The van der Waals surface area contributed by atoms with Gasteiger partial charge in [0.1, 0.15) is 11.6 Å². The third kappa shape index (κ3) is 7.31. The summed E-state index contributed by atoms with van der Waals surface area (Å²) in [5, 5.41) is 15.8. The number of aryl methyl sites for hydroxylation is 2. The van der Waals surface area contributed by atoms with E-state index in [4.69, 9.17) is 0 Å². The summed E-state index contributed by atoms with van der Waals surface area (Å²) >= 11 is 0. The SMILES string of the molecule is CCC(CC)C(=O)N1CCC(NC(=NC)NCCCc2nnc3n2CCCCC3)CC1.I. The number of halogens is 1. The molecule has 1 aromatic rings. The minimum Gasteiger partial charge on any atom is -0.356 e. The van der Waals surface area contributed by atoms with Gasteiger partial charge in [0.25, 0.3) is 0 Å². The van der Waals surface area contributed by atoms with Gasteiger partial charge in [0.15, 0.2) is 5.96 Å². The zero-order valence-corrected chi connectivity index (χ0v) is 22.4. The third-order valence-electron chi connectivity index (χ3n) is 6.76. The highest BCUT2D eigenvalue weighted by Gasteiger charge is 2.26. The van der Waals surface area contributed by atoms with E-state index in [1.165, 1.54) is 19.3 Å². The lowest BCUT2D eigenvalue weighted by atomic mass is 9.98. The first-order valence-electron chi connectivity index (χ1n) is 12.3. The molecule has 2 aliphatic heterocycles. The average Bonchev–Trinajstić information content (AvgIpc) is 3.02. The maximum atomic E-state index is 12.6. The van der Waals surface area contributed by atoms with Crippen LogP contribution in [0.5, 0.6) is 0 Å². The molecule has 0 radical (unpaired) electrons. The van der Waals surface area contributed by atoms with E-state index in [9.17, 15) is 4.79 Å². The number of aromatic nitrogens is 3. The first kappa shape index (κ1) is 26.9. The number of nitrogens with zero attached hydrogens (tertiary/aromatic N) is 5. The van der Waals surface area contributed by atoms with Gasteiger partial charge in [0, 0.05) is 58.0 Å². The van der Waals surface area contributed by atoms with Gasteiger partial charge in [-0.15, -0.1) is 34.2 Å². The van der Waals surface area contributed by atoms with Crippen molar-refractivity contribution in [2.24, 2.45) is 10.9 Å². The maximum Gasteiger partial charge on any atom is 0.225 e. The van der Waals surface area contributed by atoms with Crippen molar-refractivity contribution in [2.45, 2.75) is 90.6 Å². The van der Waals surface area contributed by atoms with Gasteiger partial charge >= 0.3 is 0 Å². The molecule has 3 heterocycles. The normalized spacial score (nSPS) is 17.5. The summed E-state index contributed by atoms with van der Waals surface area (Å²) < 4.78 is 2.33. The number of carbonyl (C=O) groups is 1. The van der Waals surface area contributed by atoms with Crippen LogP contribution in [0, 0.1) is 5.92 Å². The summed E-state index contributed by atoms with van der Waals surface area (Å²) in [6.07, 6.45) is 10.6. The minimum atomic E-state index is 0.